The van der Waals surface area contributed by atoms with E-state index in [-0.39, 0.29) is 12.4 Å². The first-order chi connectivity index (χ1) is 11.7. The molecule has 0 aliphatic rings. The highest BCUT2D eigenvalue weighted by atomic mass is 79.9. The average molecular weight is 384 g/mol. The van der Waals surface area contributed by atoms with E-state index in [0.717, 1.165) is 15.7 Å². The van der Waals surface area contributed by atoms with E-state index >= 15 is 0 Å². The Bertz CT molecular complexity index is 868. The van der Waals surface area contributed by atoms with Gasteiger partial charge in [0, 0.05) is 10.0 Å². The smallest absolute Gasteiger partial charge is 0.185 e. The average Bonchev–Trinajstić information content (AvgIpc) is 3.10. The van der Waals surface area contributed by atoms with E-state index in [9.17, 15) is 4.79 Å². The largest absolute Gasteiger partial charge is 0.390 e. The first kappa shape index (κ1) is 16.3. The monoisotopic (exact) mass is 383 g/mol. The van der Waals surface area contributed by atoms with Crippen LogP contribution in [0.25, 0.3) is 11.8 Å². The zero-order valence-electron chi connectivity index (χ0n) is 12.6. The number of hydrogen-bond donors (Lipinski definition) is 1. The number of carbonyl (C=O) groups excluding carboxylic acids is 1. The molecule has 2 aromatic carbocycles. The predicted octanol–water partition coefficient (Wildman–Crippen LogP) is 3.42. The molecule has 1 aromatic heterocycles. The molecule has 3 aromatic rings. The van der Waals surface area contributed by atoms with Crippen molar-refractivity contribution in [1.82, 2.24) is 15.0 Å². The molecule has 3 rings (SSSR count). The second kappa shape index (κ2) is 7.33. The fourth-order valence-electron chi connectivity index (χ4n) is 2.12. The molecule has 1 heterocycles. The molecule has 24 heavy (non-hydrogen) atoms. The maximum atomic E-state index is 12.2. The minimum atomic E-state index is -0.155. The predicted molar refractivity (Wildman–Crippen MR) is 94.8 cm³/mol. The molecule has 0 aliphatic heterocycles. The number of aliphatic hydroxyl groups excluding tert-OH is 1. The van der Waals surface area contributed by atoms with E-state index in [2.05, 4.69) is 26.2 Å². The van der Waals surface area contributed by atoms with Crippen molar-refractivity contribution < 1.29 is 9.90 Å². The molecule has 1 N–H and O–H groups in total. The minimum Gasteiger partial charge on any atom is -0.390 e. The molecule has 0 unspecified atom stereocenters. The molecule has 0 atom stereocenters. The van der Waals surface area contributed by atoms with Crippen molar-refractivity contribution in [2.24, 2.45) is 0 Å². The Balaban J connectivity index is 1.72. The molecule has 0 bridgehead atoms. The molecule has 5 nitrogen and oxygen atoms in total. The summed E-state index contributed by atoms with van der Waals surface area (Å²) in [5, 5.41) is 16.8. The van der Waals surface area contributed by atoms with Gasteiger partial charge in [0.15, 0.2) is 5.78 Å². The van der Waals surface area contributed by atoms with E-state index in [1.807, 2.05) is 24.3 Å². The minimum absolute atomic E-state index is 0.0703. The summed E-state index contributed by atoms with van der Waals surface area (Å²) >= 11 is 3.38. The number of allylic oxidation sites excluding steroid dienone is 1. The maximum Gasteiger partial charge on any atom is 0.185 e. The Morgan fingerprint density at radius 2 is 1.83 bits per heavy atom. The molecule has 0 saturated carbocycles. The lowest BCUT2D eigenvalue weighted by molar-refractivity contribution is 0.104. The van der Waals surface area contributed by atoms with Gasteiger partial charge in [-0.2, -0.15) is 0 Å². The Labute approximate surface area is 147 Å². The van der Waals surface area contributed by atoms with Gasteiger partial charge in [0.1, 0.15) is 5.69 Å². The molecule has 0 amide bonds. The number of halogens is 1. The zero-order valence-corrected chi connectivity index (χ0v) is 14.2. The number of carbonyl (C=O) groups is 1. The zero-order chi connectivity index (χ0) is 16.9. The lowest BCUT2D eigenvalue weighted by Gasteiger charge is -2.01. The van der Waals surface area contributed by atoms with Gasteiger partial charge in [-0.05, 0) is 48.0 Å². The lowest BCUT2D eigenvalue weighted by atomic mass is 10.1. The van der Waals surface area contributed by atoms with Crippen LogP contribution in [0.5, 0.6) is 0 Å². The number of rotatable bonds is 5. The molecule has 0 fully saturated rings. The van der Waals surface area contributed by atoms with Crippen LogP contribution < -0.4 is 0 Å². The SMILES string of the molecule is O=C(C=Cc1ccc(Br)cc1)c1ccc(-n2cc(CO)nn2)cc1. The summed E-state index contributed by atoms with van der Waals surface area (Å²) in [5.74, 6) is -0.0703. The first-order valence-electron chi connectivity index (χ1n) is 7.26. The van der Waals surface area contributed by atoms with Crippen molar-refractivity contribution in [3.8, 4) is 5.69 Å². The number of ketones is 1. The number of nitrogens with zero attached hydrogens (tertiary/aromatic N) is 3. The summed E-state index contributed by atoms with van der Waals surface area (Å²) in [7, 11) is 0. The van der Waals surface area contributed by atoms with Gasteiger partial charge in [-0.1, -0.05) is 39.4 Å². The number of aliphatic hydroxyl groups is 1. The first-order valence-corrected chi connectivity index (χ1v) is 8.05. The third-order valence-electron chi connectivity index (χ3n) is 3.42. The molecule has 0 aliphatic carbocycles. The van der Waals surface area contributed by atoms with E-state index in [1.54, 1.807) is 47.3 Å². The van der Waals surface area contributed by atoms with E-state index < -0.39 is 0 Å². The fourth-order valence-corrected chi connectivity index (χ4v) is 2.38. The second-order valence-corrected chi connectivity index (χ2v) is 6.02. The molecular formula is C18H14BrN3O2. The van der Waals surface area contributed by atoms with Gasteiger partial charge >= 0.3 is 0 Å². The fraction of sp³-hybridized carbons (Fsp3) is 0.0556. The van der Waals surface area contributed by atoms with E-state index in [0.29, 0.717) is 11.3 Å². The van der Waals surface area contributed by atoms with Crippen LogP contribution in [-0.4, -0.2) is 25.9 Å². The molecule has 0 saturated heterocycles. The summed E-state index contributed by atoms with van der Waals surface area (Å²) < 4.78 is 2.55. The van der Waals surface area contributed by atoms with E-state index in [4.69, 9.17) is 5.11 Å². The van der Waals surface area contributed by atoms with Crippen molar-refractivity contribution in [3.63, 3.8) is 0 Å². The third-order valence-corrected chi connectivity index (χ3v) is 3.95. The Hall–Kier alpha value is -2.57. The van der Waals surface area contributed by atoms with Crippen LogP contribution in [0.3, 0.4) is 0 Å². The van der Waals surface area contributed by atoms with Gasteiger partial charge in [0.2, 0.25) is 0 Å². The lowest BCUT2D eigenvalue weighted by Crippen LogP contribution is -1.98. The molecule has 0 radical (unpaired) electrons. The van der Waals surface area contributed by atoms with Gasteiger partial charge in [-0.15, -0.1) is 5.10 Å². The van der Waals surface area contributed by atoms with Crippen LogP contribution in [0.1, 0.15) is 21.6 Å². The quantitative estimate of drug-likeness (QED) is 0.541. The standard InChI is InChI=1S/C18H14BrN3O2/c19-15-6-1-13(2-7-15)3-10-18(24)14-4-8-17(9-5-14)22-11-16(12-23)20-21-22/h1-11,23H,12H2. The Morgan fingerprint density at radius 1 is 1.12 bits per heavy atom. The van der Waals surface area contributed by atoms with Crippen LogP contribution in [-0.2, 0) is 6.61 Å². The maximum absolute atomic E-state index is 12.2. The second-order valence-electron chi connectivity index (χ2n) is 5.11. The topological polar surface area (TPSA) is 68.0 Å². The van der Waals surface area contributed by atoms with Crippen LogP contribution in [0.2, 0.25) is 0 Å². The normalized spacial score (nSPS) is 11.1. The van der Waals surface area contributed by atoms with Crippen LogP contribution >= 0.6 is 15.9 Å². The third kappa shape index (κ3) is 3.84. The van der Waals surface area contributed by atoms with Gasteiger partial charge < -0.3 is 5.11 Å². The number of benzene rings is 2. The summed E-state index contributed by atoms with van der Waals surface area (Å²) in [6.07, 6.45) is 4.98. The van der Waals surface area contributed by atoms with Gasteiger partial charge in [-0.25, -0.2) is 4.68 Å². The van der Waals surface area contributed by atoms with Crippen LogP contribution in [0.4, 0.5) is 0 Å². The highest BCUT2D eigenvalue weighted by molar-refractivity contribution is 9.10. The van der Waals surface area contributed by atoms with Crippen molar-refractivity contribution in [1.29, 1.82) is 0 Å². The van der Waals surface area contributed by atoms with Crippen molar-refractivity contribution in [3.05, 3.63) is 82.1 Å². The van der Waals surface area contributed by atoms with Gasteiger partial charge in [0.25, 0.3) is 0 Å². The Morgan fingerprint density at radius 3 is 2.46 bits per heavy atom. The Kier molecular flexibility index (Phi) is 4.98. The molecule has 0 spiro atoms. The van der Waals surface area contributed by atoms with Crippen molar-refractivity contribution >= 4 is 27.8 Å². The highest BCUT2D eigenvalue weighted by Crippen LogP contribution is 2.13. The molecule has 6 heteroatoms. The van der Waals surface area contributed by atoms with E-state index in [1.165, 1.54) is 0 Å². The highest BCUT2D eigenvalue weighted by Gasteiger charge is 2.05. The van der Waals surface area contributed by atoms with Crippen molar-refractivity contribution in [2.45, 2.75) is 6.61 Å². The molecular weight excluding hydrogens is 370 g/mol. The number of aromatic nitrogens is 3. The van der Waals surface area contributed by atoms with Gasteiger partial charge in [-0.3, -0.25) is 4.79 Å². The summed E-state index contributed by atoms with van der Waals surface area (Å²) in [6, 6.07) is 14.8. The summed E-state index contributed by atoms with van der Waals surface area (Å²) in [4.78, 5) is 12.2. The van der Waals surface area contributed by atoms with Crippen LogP contribution in [0, 0.1) is 0 Å². The molecule has 120 valence electrons. The summed E-state index contributed by atoms with van der Waals surface area (Å²) in [6.45, 7) is -0.155. The summed E-state index contributed by atoms with van der Waals surface area (Å²) in [5.41, 5.74) is 2.82. The van der Waals surface area contributed by atoms with Crippen molar-refractivity contribution in [2.75, 3.05) is 0 Å². The van der Waals surface area contributed by atoms with Crippen LogP contribution in [0.15, 0.2) is 65.3 Å². The van der Waals surface area contributed by atoms with Gasteiger partial charge in [0.05, 0.1) is 18.5 Å². The number of hydrogen-bond acceptors (Lipinski definition) is 4.